The fraction of sp³-hybridized carbons (Fsp3) is 0.467. The fourth-order valence-electron chi connectivity index (χ4n) is 2.17. The molecule has 110 valence electrons. The molecule has 0 radical (unpaired) electrons. The van der Waals surface area contributed by atoms with Crippen LogP contribution in [0.15, 0.2) is 30.3 Å². The van der Waals surface area contributed by atoms with E-state index in [-0.39, 0.29) is 12.5 Å². The Morgan fingerprint density at radius 1 is 1.25 bits per heavy atom. The number of rotatable bonds is 7. The van der Waals surface area contributed by atoms with Gasteiger partial charge in [0.05, 0.1) is 5.41 Å². The van der Waals surface area contributed by atoms with Crippen LogP contribution < -0.4 is 11.1 Å². The van der Waals surface area contributed by atoms with E-state index in [1.807, 2.05) is 13.8 Å². The lowest BCUT2D eigenvalue weighted by molar-refractivity contribution is -0.144. The average molecular weight is 278 g/mol. The molecule has 0 saturated heterocycles. The molecular formula is C15H22N2O3. The number of benzene rings is 1. The highest BCUT2D eigenvalue weighted by Gasteiger charge is 2.36. The van der Waals surface area contributed by atoms with E-state index in [0.29, 0.717) is 18.4 Å². The van der Waals surface area contributed by atoms with Gasteiger partial charge in [-0.15, -0.1) is 0 Å². The van der Waals surface area contributed by atoms with Gasteiger partial charge in [0, 0.05) is 6.54 Å². The Kier molecular flexibility index (Phi) is 5.70. The predicted octanol–water partition coefficient (Wildman–Crippen LogP) is 1.69. The van der Waals surface area contributed by atoms with Crippen molar-refractivity contribution in [3.05, 3.63) is 35.9 Å². The minimum Gasteiger partial charge on any atom is -0.479 e. The summed E-state index contributed by atoms with van der Waals surface area (Å²) in [4.78, 5) is 23.8. The van der Waals surface area contributed by atoms with E-state index in [0.717, 1.165) is 0 Å². The van der Waals surface area contributed by atoms with E-state index in [1.54, 1.807) is 30.3 Å². The van der Waals surface area contributed by atoms with Crippen molar-refractivity contribution < 1.29 is 14.7 Å². The van der Waals surface area contributed by atoms with E-state index in [9.17, 15) is 14.7 Å². The topological polar surface area (TPSA) is 92.4 Å². The molecule has 5 heteroatoms. The van der Waals surface area contributed by atoms with E-state index < -0.39 is 17.4 Å². The molecule has 1 aromatic rings. The minimum absolute atomic E-state index is 0.201. The van der Waals surface area contributed by atoms with E-state index in [2.05, 4.69) is 5.32 Å². The van der Waals surface area contributed by atoms with Crippen molar-refractivity contribution in [2.24, 2.45) is 11.1 Å². The van der Waals surface area contributed by atoms with Gasteiger partial charge in [-0.25, -0.2) is 4.79 Å². The molecule has 5 nitrogen and oxygen atoms in total. The molecule has 1 atom stereocenters. The number of aliphatic carboxylic acids is 1. The van der Waals surface area contributed by atoms with Crippen LogP contribution in [-0.4, -0.2) is 23.5 Å². The summed E-state index contributed by atoms with van der Waals surface area (Å²) in [6, 6.07) is 7.60. The van der Waals surface area contributed by atoms with Gasteiger partial charge in [0.2, 0.25) is 5.91 Å². The minimum atomic E-state index is -1.08. The highest BCUT2D eigenvalue weighted by molar-refractivity contribution is 5.88. The van der Waals surface area contributed by atoms with Gasteiger partial charge in [0.15, 0.2) is 6.04 Å². The maximum absolute atomic E-state index is 12.4. The molecule has 0 fully saturated rings. The van der Waals surface area contributed by atoms with Crippen LogP contribution in [0.25, 0.3) is 0 Å². The summed E-state index contributed by atoms with van der Waals surface area (Å²) in [5, 5.41) is 11.9. The molecule has 0 heterocycles. The molecule has 4 N–H and O–H groups in total. The molecule has 0 unspecified atom stereocenters. The second-order valence-corrected chi connectivity index (χ2v) is 4.85. The van der Waals surface area contributed by atoms with Crippen molar-refractivity contribution in [2.75, 3.05) is 6.54 Å². The van der Waals surface area contributed by atoms with Crippen molar-refractivity contribution >= 4 is 11.9 Å². The number of amides is 1. The lowest BCUT2D eigenvalue weighted by Gasteiger charge is -2.30. The van der Waals surface area contributed by atoms with Crippen LogP contribution in [0.1, 0.15) is 38.3 Å². The number of carbonyl (C=O) groups is 2. The Balaban J connectivity index is 2.97. The maximum atomic E-state index is 12.4. The molecular weight excluding hydrogens is 256 g/mol. The van der Waals surface area contributed by atoms with Crippen LogP contribution in [0.3, 0.4) is 0 Å². The monoisotopic (exact) mass is 278 g/mol. The summed E-state index contributed by atoms with van der Waals surface area (Å²) in [6.07, 6.45) is 1.15. The molecule has 0 bridgehead atoms. The molecule has 0 spiro atoms. The maximum Gasteiger partial charge on any atom is 0.330 e. The van der Waals surface area contributed by atoms with E-state index >= 15 is 0 Å². The lowest BCUT2D eigenvalue weighted by atomic mass is 9.81. The lowest BCUT2D eigenvalue weighted by Crippen LogP contribution is -2.47. The van der Waals surface area contributed by atoms with Crippen molar-refractivity contribution in [2.45, 2.75) is 32.7 Å². The Hall–Kier alpha value is -1.88. The zero-order chi connectivity index (χ0) is 15.2. The average Bonchev–Trinajstić information content (AvgIpc) is 2.47. The second-order valence-electron chi connectivity index (χ2n) is 4.85. The number of carbonyl (C=O) groups excluding carboxylic acids is 1. The van der Waals surface area contributed by atoms with Crippen molar-refractivity contribution in [1.29, 1.82) is 0 Å². The Labute approximate surface area is 119 Å². The zero-order valence-corrected chi connectivity index (χ0v) is 11.9. The van der Waals surface area contributed by atoms with E-state index in [4.69, 9.17) is 5.73 Å². The summed E-state index contributed by atoms with van der Waals surface area (Å²) in [5.74, 6) is -1.39. The third-order valence-electron chi connectivity index (χ3n) is 3.88. The first-order valence-electron chi connectivity index (χ1n) is 6.79. The molecule has 0 aromatic heterocycles. The molecule has 0 aliphatic rings. The molecule has 20 heavy (non-hydrogen) atoms. The highest BCUT2D eigenvalue weighted by Crippen LogP contribution is 2.26. The molecule has 1 amide bonds. The Bertz CT molecular complexity index is 447. The number of hydrogen-bond acceptors (Lipinski definition) is 3. The van der Waals surface area contributed by atoms with Crippen molar-refractivity contribution in [3.63, 3.8) is 0 Å². The standard InChI is InChI=1S/C15H22N2O3/c1-3-15(4-2,10-16)14(20)17-12(13(18)19)11-8-6-5-7-9-11/h5-9,12H,3-4,10,16H2,1-2H3,(H,17,20)(H,18,19)/t12-/m1/s1. The predicted molar refractivity (Wildman–Crippen MR) is 77.0 cm³/mol. The first-order chi connectivity index (χ1) is 9.50. The summed E-state index contributed by atoms with van der Waals surface area (Å²) >= 11 is 0. The van der Waals surface area contributed by atoms with Gasteiger partial charge in [-0.05, 0) is 18.4 Å². The van der Waals surface area contributed by atoms with Crippen molar-refractivity contribution in [1.82, 2.24) is 5.32 Å². The quantitative estimate of drug-likeness (QED) is 0.707. The van der Waals surface area contributed by atoms with Crippen molar-refractivity contribution in [3.8, 4) is 0 Å². The van der Waals surface area contributed by atoms with Gasteiger partial charge in [0.1, 0.15) is 0 Å². The highest BCUT2D eigenvalue weighted by atomic mass is 16.4. The normalized spacial score (nSPS) is 12.8. The van der Waals surface area contributed by atoms with Crippen LogP contribution >= 0.6 is 0 Å². The van der Waals surface area contributed by atoms with Crippen LogP contribution in [0.4, 0.5) is 0 Å². The van der Waals surface area contributed by atoms with Crippen LogP contribution in [0.2, 0.25) is 0 Å². The number of nitrogens with two attached hydrogens (primary N) is 1. The first kappa shape index (κ1) is 16.2. The largest absolute Gasteiger partial charge is 0.479 e. The first-order valence-corrected chi connectivity index (χ1v) is 6.79. The summed E-state index contributed by atoms with van der Waals surface area (Å²) in [6.45, 7) is 3.97. The van der Waals surface area contributed by atoms with Gasteiger partial charge in [-0.2, -0.15) is 0 Å². The molecule has 1 rings (SSSR count). The third kappa shape index (κ3) is 3.36. The number of nitrogens with one attached hydrogen (secondary N) is 1. The smallest absolute Gasteiger partial charge is 0.330 e. The SMILES string of the molecule is CCC(CC)(CN)C(=O)N[C@@H](C(=O)O)c1ccccc1. The van der Waals surface area contributed by atoms with Gasteiger partial charge >= 0.3 is 5.97 Å². The Morgan fingerprint density at radius 2 is 1.80 bits per heavy atom. The second kappa shape index (κ2) is 7.05. The van der Waals surface area contributed by atoms with Gasteiger partial charge < -0.3 is 16.2 Å². The summed E-state index contributed by atoms with van der Waals surface area (Å²) in [5.41, 5.74) is 5.55. The molecule has 0 aliphatic heterocycles. The zero-order valence-electron chi connectivity index (χ0n) is 11.9. The van der Waals surface area contributed by atoms with Gasteiger partial charge in [-0.1, -0.05) is 44.2 Å². The van der Waals surface area contributed by atoms with Gasteiger partial charge in [0.25, 0.3) is 0 Å². The van der Waals surface area contributed by atoms with Crippen LogP contribution in [-0.2, 0) is 9.59 Å². The summed E-state index contributed by atoms with van der Waals surface area (Å²) in [7, 11) is 0. The third-order valence-corrected chi connectivity index (χ3v) is 3.88. The number of carboxylic acids is 1. The fourth-order valence-corrected chi connectivity index (χ4v) is 2.17. The number of hydrogen-bond donors (Lipinski definition) is 3. The van der Waals surface area contributed by atoms with Gasteiger partial charge in [-0.3, -0.25) is 4.79 Å². The number of carboxylic acid groups (broad SMARTS) is 1. The Morgan fingerprint density at radius 3 is 2.20 bits per heavy atom. The molecule has 1 aromatic carbocycles. The van der Waals surface area contributed by atoms with E-state index in [1.165, 1.54) is 0 Å². The molecule has 0 saturated carbocycles. The van der Waals surface area contributed by atoms with Crippen LogP contribution in [0.5, 0.6) is 0 Å². The van der Waals surface area contributed by atoms with Crippen LogP contribution in [0, 0.1) is 5.41 Å². The summed E-state index contributed by atoms with van der Waals surface area (Å²) < 4.78 is 0. The molecule has 0 aliphatic carbocycles.